The Hall–Kier alpha value is -1.32. The molecule has 3 aliphatic heterocycles. The molecule has 1 unspecified atom stereocenters. The van der Waals surface area contributed by atoms with Crippen molar-refractivity contribution in [3.05, 3.63) is 46.4 Å². The van der Waals surface area contributed by atoms with E-state index in [0.29, 0.717) is 12.0 Å². The van der Waals surface area contributed by atoms with Gasteiger partial charge < -0.3 is 9.47 Å². The molecule has 0 amide bonds. The van der Waals surface area contributed by atoms with E-state index in [9.17, 15) is 4.79 Å². The molecule has 118 valence electrons. The lowest BCUT2D eigenvalue weighted by Gasteiger charge is -2.45. The van der Waals surface area contributed by atoms with E-state index in [-0.39, 0.29) is 18.0 Å². The molecule has 5 rings (SSSR count). The Kier molecular flexibility index (Phi) is 4.28. The normalized spacial score (nSPS) is 26.9. The zero-order valence-corrected chi connectivity index (χ0v) is 13.8. The maximum Gasteiger partial charge on any atom is 0.258 e. The number of piperidine rings is 3. The third-order valence-electron chi connectivity index (χ3n) is 5.42. The minimum Gasteiger partial charge on any atom is -0.310 e. The number of halogens is 1. The molecule has 0 spiro atoms. The van der Waals surface area contributed by atoms with Crippen LogP contribution in [0.1, 0.15) is 31.4 Å². The average Bonchev–Trinajstić information content (AvgIpc) is 2.56. The highest BCUT2D eigenvalue weighted by Gasteiger charge is 2.35. The quantitative estimate of drug-likeness (QED) is 0.849. The fourth-order valence-corrected chi connectivity index (χ4v) is 4.18. The molecule has 22 heavy (non-hydrogen) atoms. The molecule has 4 heterocycles. The molecule has 0 aliphatic carbocycles. The molecule has 3 nitrogen and oxygen atoms in total. The lowest BCUT2D eigenvalue weighted by Crippen LogP contribution is -2.49. The number of aromatic nitrogens is 1. The highest BCUT2D eigenvalue weighted by atomic mass is 35.5. The fraction of sp³-hybridized carbons (Fsp3) is 0.500. The SMILES string of the molecule is CCc1cccc2c(=O)n(C3CN4CCC3CC4)ccc12.Cl. The molecule has 2 bridgehead atoms. The van der Waals surface area contributed by atoms with Crippen LogP contribution in [-0.4, -0.2) is 29.1 Å². The van der Waals surface area contributed by atoms with Gasteiger partial charge in [0, 0.05) is 18.1 Å². The first-order valence-corrected chi connectivity index (χ1v) is 8.13. The average molecular weight is 319 g/mol. The van der Waals surface area contributed by atoms with E-state index in [1.165, 1.54) is 31.5 Å². The standard InChI is InChI=1S/C18H22N2O.ClH/c1-2-13-4-3-5-16-15(13)8-11-20(18(16)21)17-12-19-9-6-14(17)7-10-19;/h3-5,8,11,14,17H,2,6-7,9-10,12H2,1H3;1H. The highest BCUT2D eigenvalue weighted by Crippen LogP contribution is 2.35. The van der Waals surface area contributed by atoms with Crippen molar-refractivity contribution < 1.29 is 0 Å². The summed E-state index contributed by atoms with van der Waals surface area (Å²) in [5.74, 6) is 0.680. The van der Waals surface area contributed by atoms with Crippen LogP contribution in [0.3, 0.4) is 0 Å². The van der Waals surface area contributed by atoms with Gasteiger partial charge in [-0.05, 0) is 61.4 Å². The maximum absolute atomic E-state index is 12.9. The molecule has 1 aromatic heterocycles. The van der Waals surface area contributed by atoms with Crippen molar-refractivity contribution in [1.82, 2.24) is 9.47 Å². The van der Waals surface area contributed by atoms with E-state index in [0.717, 1.165) is 23.7 Å². The second-order valence-corrected chi connectivity index (χ2v) is 6.47. The molecule has 1 aromatic carbocycles. The second-order valence-electron chi connectivity index (χ2n) is 6.47. The Labute approximate surface area is 137 Å². The molecule has 0 radical (unpaired) electrons. The number of hydrogen-bond donors (Lipinski definition) is 0. The number of rotatable bonds is 2. The topological polar surface area (TPSA) is 25.2 Å². The summed E-state index contributed by atoms with van der Waals surface area (Å²) < 4.78 is 2.01. The van der Waals surface area contributed by atoms with Crippen LogP contribution < -0.4 is 5.56 Å². The van der Waals surface area contributed by atoms with E-state index in [4.69, 9.17) is 0 Å². The van der Waals surface area contributed by atoms with Gasteiger partial charge in [-0.15, -0.1) is 12.4 Å². The first-order valence-electron chi connectivity index (χ1n) is 8.13. The first-order chi connectivity index (χ1) is 10.3. The van der Waals surface area contributed by atoms with Gasteiger partial charge in [0.05, 0.1) is 6.04 Å². The third-order valence-corrected chi connectivity index (χ3v) is 5.42. The predicted molar refractivity (Wildman–Crippen MR) is 93.0 cm³/mol. The van der Waals surface area contributed by atoms with Crippen molar-refractivity contribution in [2.24, 2.45) is 5.92 Å². The van der Waals surface area contributed by atoms with E-state index >= 15 is 0 Å². The molecule has 2 aromatic rings. The van der Waals surface area contributed by atoms with Crippen LogP contribution in [0, 0.1) is 5.92 Å². The van der Waals surface area contributed by atoms with Crippen LogP contribution in [0.25, 0.3) is 10.8 Å². The summed E-state index contributed by atoms with van der Waals surface area (Å²) in [5, 5.41) is 2.01. The van der Waals surface area contributed by atoms with Crippen LogP contribution in [-0.2, 0) is 6.42 Å². The number of benzene rings is 1. The van der Waals surface area contributed by atoms with Gasteiger partial charge in [-0.1, -0.05) is 19.1 Å². The summed E-state index contributed by atoms with van der Waals surface area (Å²) in [6, 6.07) is 8.64. The van der Waals surface area contributed by atoms with Gasteiger partial charge in [-0.2, -0.15) is 0 Å². The van der Waals surface area contributed by atoms with Crippen LogP contribution in [0.15, 0.2) is 35.3 Å². The van der Waals surface area contributed by atoms with Gasteiger partial charge in [-0.25, -0.2) is 0 Å². The van der Waals surface area contributed by atoms with Gasteiger partial charge in [0.1, 0.15) is 0 Å². The van der Waals surface area contributed by atoms with Gasteiger partial charge in [-0.3, -0.25) is 4.79 Å². The van der Waals surface area contributed by atoms with Crippen molar-refractivity contribution >= 4 is 23.2 Å². The monoisotopic (exact) mass is 318 g/mol. The van der Waals surface area contributed by atoms with E-state index in [2.05, 4.69) is 24.0 Å². The molecule has 0 saturated carbocycles. The summed E-state index contributed by atoms with van der Waals surface area (Å²) in [6.07, 6.45) is 5.49. The third kappa shape index (κ3) is 2.37. The summed E-state index contributed by atoms with van der Waals surface area (Å²) in [7, 11) is 0. The van der Waals surface area contributed by atoms with Crippen molar-refractivity contribution in [2.45, 2.75) is 32.2 Å². The number of pyridine rings is 1. The molecule has 3 fully saturated rings. The zero-order valence-electron chi connectivity index (χ0n) is 13.0. The molecule has 4 heteroatoms. The number of aryl methyl sites for hydroxylation is 1. The molecular formula is C18H23ClN2O. The van der Waals surface area contributed by atoms with E-state index < -0.39 is 0 Å². The lowest BCUT2D eigenvalue weighted by atomic mass is 9.83. The Balaban J connectivity index is 0.00000144. The second kappa shape index (κ2) is 6.05. The molecule has 1 atom stereocenters. The number of nitrogens with zero attached hydrogens (tertiary/aromatic N) is 2. The smallest absolute Gasteiger partial charge is 0.258 e. The Morgan fingerprint density at radius 3 is 2.55 bits per heavy atom. The van der Waals surface area contributed by atoms with Gasteiger partial charge in [0.15, 0.2) is 0 Å². The van der Waals surface area contributed by atoms with E-state index in [1.807, 2.05) is 22.9 Å². The Bertz CT molecular complexity index is 731. The molecule has 3 saturated heterocycles. The van der Waals surface area contributed by atoms with Crippen LogP contribution >= 0.6 is 12.4 Å². The van der Waals surface area contributed by atoms with Crippen molar-refractivity contribution in [1.29, 1.82) is 0 Å². The number of hydrogen-bond acceptors (Lipinski definition) is 2. The van der Waals surface area contributed by atoms with Crippen LogP contribution in [0.2, 0.25) is 0 Å². The highest BCUT2D eigenvalue weighted by molar-refractivity contribution is 5.85. The van der Waals surface area contributed by atoms with Gasteiger partial charge >= 0.3 is 0 Å². The predicted octanol–water partition coefficient (Wildman–Crippen LogP) is 3.25. The van der Waals surface area contributed by atoms with Crippen LogP contribution in [0.5, 0.6) is 0 Å². The number of fused-ring (bicyclic) bond motifs is 4. The minimum atomic E-state index is 0. The van der Waals surface area contributed by atoms with Crippen molar-refractivity contribution in [2.75, 3.05) is 19.6 Å². The Morgan fingerprint density at radius 2 is 1.91 bits per heavy atom. The molecule has 0 N–H and O–H groups in total. The summed E-state index contributed by atoms with van der Waals surface area (Å²) >= 11 is 0. The first kappa shape index (κ1) is 15.6. The van der Waals surface area contributed by atoms with Gasteiger partial charge in [0.2, 0.25) is 0 Å². The zero-order chi connectivity index (χ0) is 14.4. The maximum atomic E-state index is 12.9. The van der Waals surface area contributed by atoms with Gasteiger partial charge in [0.25, 0.3) is 5.56 Å². The minimum absolute atomic E-state index is 0. The lowest BCUT2D eigenvalue weighted by molar-refractivity contribution is 0.0556. The van der Waals surface area contributed by atoms with Crippen LogP contribution in [0.4, 0.5) is 0 Å². The molecular weight excluding hydrogens is 296 g/mol. The summed E-state index contributed by atoms with van der Waals surface area (Å²) in [4.78, 5) is 15.4. The summed E-state index contributed by atoms with van der Waals surface area (Å²) in [5.41, 5.74) is 1.47. The molecule has 3 aliphatic rings. The fourth-order valence-electron chi connectivity index (χ4n) is 4.18. The largest absolute Gasteiger partial charge is 0.310 e. The Morgan fingerprint density at radius 1 is 1.14 bits per heavy atom. The van der Waals surface area contributed by atoms with Crippen molar-refractivity contribution in [3.63, 3.8) is 0 Å². The summed E-state index contributed by atoms with van der Waals surface area (Å²) in [6.45, 7) is 5.62. The van der Waals surface area contributed by atoms with E-state index in [1.54, 1.807) is 0 Å². The van der Waals surface area contributed by atoms with Crippen molar-refractivity contribution in [3.8, 4) is 0 Å².